The van der Waals surface area contributed by atoms with E-state index >= 15 is 0 Å². The average Bonchev–Trinajstić information content (AvgIpc) is 1.99. The van der Waals surface area contributed by atoms with Gasteiger partial charge in [0.05, 0.1) is 10.6 Å². The number of benzene rings is 1. The lowest BCUT2D eigenvalue weighted by molar-refractivity contribution is 0.00686. The van der Waals surface area contributed by atoms with Crippen LogP contribution in [0.3, 0.4) is 0 Å². The summed E-state index contributed by atoms with van der Waals surface area (Å²) in [5.41, 5.74) is -0.0611. The van der Waals surface area contributed by atoms with Gasteiger partial charge in [-0.1, -0.05) is 17.7 Å². The number of hydrogen-bond acceptors (Lipinski definition) is 2. The highest BCUT2D eigenvalue weighted by molar-refractivity contribution is 14.1. The highest BCUT2D eigenvalue weighted by Crippen LogP contribution is 2.24. The Morgan fingerprint density at radius 1 is 1.40 bits per heavy atom. The van der Waals surface area contributed by atoms with Crippen molar-refractivity contribution >= 4 is 40.2 Å². The number of hydrogen-bond donors (Lipinski definition) is 0. The van der Waals surface area contributed by atoms with Gasteiger partial charge in [0.2, 0.25) is 0 Å². The Morgan fingerprint density at radius 3 is 2.47 bits per heavy atom. The number of halogens is 2. The maximum Gasteiger partial charge on any atom is 0.341 e. The van der Waals surface area contributed by atoms with E-state index in [-0.39, 0.29) is 5.97 Å². The zero-order chi connectivity index (χ0) is 11.6. The van der Waals surface area contributed by atoms with E-state index in [0.717, 1.165) is 3.57 Å². The molecule has 0 unspecified atom stereocenters. The molecule has 0 heterocycles. The molecular weight excluding hydrogens is 326 g/mol. The van der Waals surface area contributed by atoms with Crippen LogP contribution in [0, 0.1) is 3.57 Å². The molecule has 0 N–H and O–H groups in total. The van der Waals surface area contributed by atoms with Crippen molar-refractivity contribution in [2.24, 2.45) is 0 Å². The number of carbonyl (C=O) groups excluding carboxylic acids is 1. The van der Waals surface area contributed by atoms with E-state index in [1.54, 1.807) is 12.1 Å². The molecule has 2 nitrogen and oxygen atoms in total. The van der Waals surface area contributed by atoms with E-state index in [4.69, 9.17) is 16.3 Å². The molecule has 0 aromatic heterocycles. The first-order valence-electron chi connectivity index (χ1n) is 4.48. The van der Waals surface area contributed by atoms with Crippen LogP contribution in [0.1, 0.15) is 31.1 Å². The second kappa shape index (κ2) is 4.70. The lowest BCUT2D eigenvalue weighted by Crippen LogP contribution is -2.24. The summed E-state index contributed by atoms with van der Waals surface area (Å²) in [4.78, 5) is 11.8. The Kier molecular flexibility index (Phi) is 4.00. The van der Waals surface area contributed by atoms with Gasteiger partial charge in [-0.05, 0) is 55.5 Å². The predicted molar refractivity (Wildman–Crippen MR) is 69.3 cm³/mol. The van der Waals surface area contributed by atoms with Crippen molar-refractivity contribution in [3.05, 3.63) is 32.4 Å². The van der Waals surface area contributed by atoms with E-state index in [2.05, 4.69) is 22.6 Å². The molecule has 82 valence electrons. The Morgan fingerprint density at radius 2 is 2.00 bits per heavy atom. The van der Waals surface area contributed by atoms with Crippen molar-refractivity contribution in [1.82, 2.24) is 0 Å². The minimum atomic E-state index is -0.501. The van der Waals surface area contributed by atoms with Crippen molar-refractivity contribution in [1.29, 1.82) is 0 Å². The molecule has 1 aromatic rings. The van der Waals surface area contributed by atoms with Gasteiger partial charge in [-0.15, -0.1) is 0 Å². The van der Waals surface area contributed by atoms with E-state index in [1.807, 2.05) is 26.8 Å². The fourth-order valence-electron chi connectivity index (χ4n) is 1.02. The molecule has 0 atom stereocenters. The second-order valence-electron chi connectivity index (χ2n) is 4.10. The molecule has 0 bridgehead atoms. The molecule has 0 amide bonds. The highest BCUT2D eigenvalue weighted by Gasteiger charge is 2.21. The smallest absolute Gasteiger partial charge is 0.341 e. The molecule has 0 saturated heterocycles. The van der Waals surface area contributed by atoms with Gasteiger partial charge in [0.1, 0.15) is 5.60 Å². The average molecular weight is 339 g/mol. The molecule has 4 heteroatoms. The highest BCUT2D eigenvalue weighted by atomic mass is 127. The van der Waals surface area contributed by atoms with Crippen molar-refractivity contribution in [3.8, 4) is 0 Å². The van der Waals surface area contributed by atoms with Crippen molar-refractivity contribution in [2.45, 2.75) is 26.4 Å². The van der Waals surface area contributed by atoms with Gasteiger partial charge in [-0.25, -0.2) is 4.79 Å². The SMILES string of the molecule is CC(C)(C)OC(=O)c1c(Cl)cccc1I. The number of rotatable bonds is 1. The molecule has 1 rings (SSSR count). The standard InChI is InChI=1S/C11H12ClIO2/c1-11(2,3)15-10(14)9-7(12)5-4-6-8(9)13/h4-6H,1-3H3. The summed E-state index contributed by atoms with van der Waals surface area (Å²) in [6.07, 6.45) is 0. The van der Waals surface area contributed by atoms with Gasteiger partial charge in [-0.3, -0.25) is 0 Å². The molecule has 0 fully saturated rings. The monoisotopic (exact) mass is 338 g/mol. The molecule has 0 saturated carbocycles. The van der Waals surface area contributed by atoms with E-state index in [9.17, 15) is 4.79 Å². The van der Waals surface area contributed by atoms with Crippen molar-refractivity contribution in [2.75, 3.05) is 0 Å². The number of esters is 1. The summed E-state index contributed by atoms with van der Waals surface area (Å²) < 4.78 is 6.06. The minimum absolute atomic E-state index is 0.377. The van der Waals surface area contributed by atoms with Crippen LogP contribution in [0.5, 0.6) is 0 Å². The van der Waals surface area contributed by atoms with Gasteiger partial charge in [0.15, 0.2) is 0 Å². The van der Waals surface area contributed by atoms with E-state index in [1.165, 1.54) is 0 Å². The van der Waals surface area contributed by atoms with Crippen LogP contribution < -0.4 is 0 Å². The third-order valence-corrected chi connectivity index (χ3v) is 2.78. The third-order valence-electron chi connectivity index (χ3n) is 1.57. The summed E-state index contributed by atoms with van der Waals surface area (Å²) >= 11 is 8.02. The van der Waals surface area contributed by atoms with Crippen LogP contribution in [0.25, 0.3) is 0 Å². The van der Waals surface area contributed by atoms with Gasteiger partial charge in [-0.2, -0.15) is 0 Å². The van der Waals surface area contributed by atoms with Crippen LogP contribution in [0.15, 0.2) is 18.2 Å². The Bertz CT molecular complexity index is 362. The predicted octanol–water partition coefficient (Wildman–Crippen LogP) is 3.90. The molecule has 0 spiro atoms. The zero-order valence-corrected chi connectivity index (χ0v) is 11.7. The summed E-state index contributed by atoms with van der Waals surface area (Å²) in [5, 5.41) is 0.427. The lowest BCUT2D eigenvalue weighted by Gasteiger charge is -2.20. The fourth-order valence-corrected chi connectivity index (χ4v) is 2.15. The number of carbonyl (C=O) groups is 1. The quantitative estimate of drug-likeness (QED) is 0.573. The maximum absolute atomic E-state index is 11.8. The molecule has 0 aliphatic heterocycles. The summed E-state index contributed by atoms with van der Waals surface area (Å²) in [7, 11) is 0. The molecule has 0 aliphatic rings. The third kappa shape index (κ3) is 3.65. The molecular formula is C11H12ClIO2. The van der Waals surface area contributed by atoms with E-state index in [0.29, 0.717) is 10.6 Å². The molecule has 15 heavy (non-hydrogen) atoms. The van der Waals surface area contributed by atoms with Gasteiger partial charge < -0.3 is 4.74 Å². The normalized spacial score (nSPS) is 11.3. The van der Waals surface area contributed by atoms with E-state index < -0.39 is 5.60 Å². The Labute approximate surface area is 108 Å². The molecule has 1 aromatic carbocycles. The maximum atomic E-state index is 11.8. The van der Waals surface area contributed by atoms with Crippen LogP contribution in [-0.4, -0.2) is 11.6 Å². The van der Waals surface area contributed by atoms with Crippen LogP contribution in [0.2, 0.25) is 5.02 Å². The van der Waals surface area contributed by atoms with Crippen molar-refractivity contribution in [3.63, 3.8) is 0 Å². The van der Waals surface area contributed by atoms with Crippen LogP contribution in [0.4, 0.5) is 0 Å². The zero-order valence-electron chi connectivity index (χ0n) is 8.80. The number of ether oxygens (including phenoxy) is 1. The van der Waals surface area contributed by atoms with Gasteiger partial charge in [0.25, 0.3) is 0 Å². The molecule has 0 radical (unpaired) electrons. The summed E-state index contributed by atoms with van der Waals surface area (Å²) in [6.45, 7) is 5.48. The van der Waals surface area contributed by atoms with Gasteiger partial charge in [0, 0.05) is 3.57 Å². The molecule has 0 aliphatic carbocycles. The second-order valence-corrected chi connectivity index (χ2v) is 5.67. The van der Waals surface area contributed by atoms with Crippen LogP contribution >= 0.6 is 34.2 Å². The first-order valence-corrected chi connectivity index (χ1v) is 5.94. The van der Waals surface area contributed by atoms with Crippen molar-refractivity contribution < 1.29 is 9.53 Å². The summed E-state index contributed by atoms with van der Waals surface area (Å²) in [5.74, 6) is -0.377. The van der Waals surface area contributed by atoms with Gasteiger partial charge >= 0.3 is 5.97 Å². The van der Waals surface area contributed by atoms with Crippen LogP contribution in [-0.2, 0) is 4.74 Å². The Balaban J connectivity index is 3.02. The largest absolute Gasteiger partial charge is 0.456 e. The topological polar surface area (TPSA) is 26.3 Å². The summed E-state index contributed by atoms with van der Waals surface area (Å²) in [6, 6.07) is 5.31. The fraction of sp³-hybridized carbons (Fsp3) is 0.364. The first-order chi connectivity index (χ1) is 6.81. The Hall–Kier alpha value is -0.290. The first kappa shape index (κ1) is 12.8. The lowest BCUT2D eigenvalue weighted by atomic mass is 10.1. The minimum Gasteiger partial charge on any atom is -0.456 e.